The van der Waals surface area contributed by atoms with Crippen molar-refractivity contribution in [1.29, 1.82) is 0 Å². The highest BCUT2D eigenvalue weighted by Crippen LogP contribution is 2.37. The van der Waals surface area contributed by atoms with E-state index in [-0.39, 0.29) is 0 Å². The Balaban J connectivity index is 2.45. The zero-order chi connectivity index (χ0) is 13.9. The van der Waals surface area contributed by atoms with E-state index in [2.05, 4.69) is 5.32 Å². The molecular weight excluding hydrogens is 246 g/mol. The summed E-state index contributed by atoms with van der Waals surface area (Å²) < 4.78 is 21.7. The molecule has 1 aromatic carbocycles. The fourth-order valence-corrected chi connectivity index (χ4v) is 2.04. The molecule has 1 aliphatic heterocycles. The van der Waals surface area contributed by atoms with E-state index in [4.69, 9.17) is 18.9 Å². The Labute approximate surface area is 113 Å². The van der Waals surface area contributed by atoms with Gasteiger partial charge in [-0.1, -0.05) is 0 Å². The van der Waals surface area contributed by atoms with Crippen molar-refractivity contribution in [3.05, 3.63) is 29.8 Å². The van der Waals surface area contributed by atoms with Crippen molar-refractivity contribution in [3.8, 4) is 5.75 Å². The van der Waals surface area contributed by atoms with Crippen LogP contribution in [0, 0.1) is 0 Å². The van der Waals surface area contributed by atoms with Crippen LogP contribution in [0.1, 0.15) is 12.5 Å². The molecule has 19 heavy (non-hydrogen) atoms. The number of anilines is 1. The van der Waals surface area contributed by atoms with Crippen molar-refractivity contribution in [3.63, 3.8) is 0 Å². The second kappa shape index (κ2) is 5.50. The summed E-state index contributed by atoms with van der Waals surface area (Å²) in [6.45, 7) is 2.57. The molecule has 0 radical (unpaired) electrons. The Kier molecular flexibility index (Phi) is 3.97. The number of hydrogen-bond acceptors (Lipinski definition) is 5. The molecule has 0 saturated carbocycles. The molecule has 1 aromatic rings. The van der Waals surface area contributed by atoms with Crippen LogP contribution in [-0.2, 0) is 14.2 Å². The predicted molar refractivity (Wildman–Crippen MR) is 73.0 cm³/mol. The minimum absolute atomic E-state index is 0.623. The zero-order valence-electron chi connectivity index (χ0n) is 11.6. The highest BCUT2D eigenvalue weighted by Gasteiger charge is 2.34. The largest absolute Gasteiger partial charge is 0.496 e. The Morgan fingerprint density at radius 3 is 2.47 bits per heavy atom. The van der Waals surface area contributed by atoms with E-state index in [1.807, 2.05) is 25.1 Å². The molecule has 1 N–H and O–H groups in total. The fourth-order valence-electron chi connectivity index (χ4n) is 2.04. The predicted octanol–water partition coefficient (Wildman–Crippen LogP) is 2.44. The molecule has 5 heteroatoms. The van der Waals surface area contributed by atoms with Gasteiger partial charge >= 0.3 is 0 Å². The van der Waals surface area contributed by atoms with Crippen LogP contribution >= 0.6 is 0 Å². The molecular formula is C14H19NO4. The molecule has 0 atom stereocenters. The van der Waals surface area contributed by atoms with Gasteiger partial charge in [0.25, 0.3) is 5.91 Å². The van der Waals surface area contributed by atoms with E-state index in [1.165, 1.54) is 0 Å². The number of nitrogens with one attached hydrogen (secondary N) is 1. The van der Waals surface area contributed by atoms with Crippen molar-refractivity contribution >= 4 is 11.4 Å². The van der Waals surface area contributed by atoms with E-state index in [1.54, 1.807) is 27.4 Å². The molecule has 5 nitrogen and oxygen atoms in total. The highest BCUT2D eigenvalue weighted by molar-refractivity contribution is 5.78. The normalized spacial score (nSPS) is 16.1. The molecule has 1 heterocycles. The van der Waals surface area contributed by atoms with Crippen LogP contribution in [0.25, 0.3) is 5.76 Å². The Morgan fingerprint density at radius 1 is 1.16 bits per heavy atom. The number of hydrogen-bond donors (Lipinski definition) is 1. The van der Waals surface area contributed by atoms with E-state index in [0.29, 0.717) is 12.4 Å². The lowest BCUT2D eigenvalue weighted by Crippen LogP contribution is -2.42. The summed E-state index contributed by atoms with van der Waals surface area (Å²) in [6, 6.07) is 5.74. The molecule has 2 rings (SSSR count). The van der Waals surface area contributed by atoms with Gasteiger partial charge in [-0.3, -0.25) is 0 Å². The number of ether oxygens (including phenoxy) is 4. The maximum Gasteiger partial charge on any atom is 0.273 e. The minimum Gasteiger partial charge on any atom is -0.496 e. The third-order valence-electron chi connectivity index (χ3n) is 3.02. The third kappa shape index (κ3) is 2.52. The molecule has 0 spiro atoms. The summed E-state index contributed by atoms with van der Waals surface area (Å²) in [5, 5.41) is 3.19. The summed E-state index contributed by atoms with van der Waals surface area (Å²) in [4.78, 5) is 0. The first-order valence-electron chi connectivity index (χ1n) is 6.10. The smallest absolute Gasteiger partial charge is 0.273 e. The average Bonchev–Trinajstić information content (AvgIpc) is 2.46. The van der Waals surface area contributed by atoms with Gasteiger partial charge in [-0.15, -0.1) is 0 Å². The molecule has 0 bridgehead atoms. The SMILES string of the molecule is CCOc1ccc2c(c1)C(OC)=CC(OC)(OC)N2. The summed E-state index contributed by atoms with van der Waals surface area (Å²) in [5.41, 5.74) is 1.78. The van der Waals surface area contributed by atoms with Gasteiger partial charge in [-0.25, -0.2) is 0 Å². The van der Waals surface area contributed by atoms with Gasteiger partial charge in [-0.2, -0.15) is 0 Å². The second-order valence-electron chi connectivity index (χ2n) is 4.05. The van der Waals surface area contributed by atoms with Gasteiger partial charge in [0.15, 0.2) is 0 Å². The first kappa shape index (κ1) is 13.7. The lowest BCUT2D eigenvalue weighted by atomic mass is 10.1. The van der Waals surface area contributed by atoms with Crippen molar-refractivity contribution in [2.24, 2.45) is 0 Å². The number of rotatable bonds is 5. The minimum atomic E-state index is -1.01. The van der Waals surface area contributed by atoms with Gasteiger partial charge in [0.2, 0.25) is 0 Å². The number of fused-ring (bicyclic) bond motifs is 1. The standard InChI is InChI=1S/C14H19NO4/c1-5-19-10-6-7-12-11(8-10)13(16-2)9-14(15-12,17-3)18-4/h6-9,15H,5H2,1-4H3. The van der Waals surface area contributed by atoms with Crippen molar-refractivity contribution in [1.82, 2.24) is 0 Å². The van der Waals surface area contributed by atoms with E-state index >= 15 is 0 Å². The van der Waals surface area contributed by atoms with Gasteiger partial charge < -0.3 is 24.3 Å². The summed E-state index contributed by atoms with van der Waals surface area (Å²) in [7, 11) is 4.75. The first-order chi connectivity index (χ1) is 9.18. The molecule has 0 aromatic heterocycles. The van der Waals surface area contributed by atoms with Gasteiger partial charge in [-0.05, 0) is 25.1 Å². The molecule has 0 unspecified atom stereocenters. The van der Waals surface area contributed by atoms with Crippen LogP contribution in [0.5, 0.6) is 5.75 Å². The summed E-state index contributed by atoms with van der Waals surface area (Å²) >= 11 is 0. The van der Waals surface area contributed by atoms with Crippen molar-refractivity contribution in [2.75, 3.05) is 33.3 Å². The molecule has 104 valence electrons. The lowest BCUT2D eigenvalue weighted by molar-refractivity contribution is -0.149. The Morgan fingerprint density at radius 2 is 1.89 bits per heavy atom. The molecule has 0 fully saturated rings. The van der Waals surface area contributed by atoms with E-state index in [9.17, 15) is 0 Å². The van der Waals surface area contributed by atoms with Crippen LogP contribution in [0.4, 0.5) is 5.69 Å². The van der Waals surface area contributed by atoms with Gasteiger partial charge in [0, 0.05) is 31.5 Å². The molecule has 0 amide bonds. The quantitative estimate of drug-likeness (QED) is 0.829. The van der Waals surface area contributed by atoms with Crippen LogP contribution < -0.4 is 10.1 Å². The monoisotopic (exact) mass is 265 g/mol. The summed E-state index contributed by atoms with van der Waals surface area (Å²) in [5.74, 6) is 0.471. The first-order valence-corrected chi connectivity index (χ1v) is 6.10. The fraction of sp³-hybridized carbons (Fsp3) is 0.429. The Hall–Kier alpha value is -1.72. The molecule has 0 saturated heterocycles. The van der Waals surface area contributed by atoms with Crippen LogP contribution in [0.15, 0.2) is 24.3 Å². The van der Waals surface area contributed by atoms with E-state index in [0.717, 1.165) is 17.0 Å². The average molecular weight is 265 g/mol. The topological polar surface area (TPSA) is 49.0 Å². The molecule has 1 aliphatic rings. The van der Waals surface area contributed by atoms with Gasteiger partial charge in [0.1, 0.15) is 11.5 Å². The third-order valence-corrected chi connectivity index (χ3v) is 3.02. The maximum atomic E-state index is 5.50. The summed E-state index contributed by atoms with van der Waals surface area (Å²) in [6.07, 6.45) is 1.76. The lowest BCUT2D eigenvalue weighted by Gasteiger charge is -2.34. The maximum absolute atomic E-state index is 5.50. The zero-order valence-corrected chi connectivity index (χ0v) is 11.6. The van der Waals surface area contributed by atoms with Crippen LogP contribution in [-0.4, -0.2) is 33.8 Å². The van der Waals surface area contributed by atoms with Gasteiger partial charge in [0.05, 0.1) is 13.7 Å². The van der Waals surface area contributed by atoms with Crippen molar-refractivity contribution < 1.29 is 18.9 Å². The number of methoxy groups -OCH3 is 3. The highest BCUT2D eigenvalue weighted by atomic mass is 16.7. The second-order valence-corrected chi connectivity index (χ2v) is 4.05. The number of benzene rings is 1. The molecule has 0 aliphatic carbocycles. The Bertz CT molecular complexity index is 480. The van der Waals surface area contributed by atoms with Crippen LogP contribution in [0.2, 0.25) is 0 Å². The van der Waals surface area contributed by atoms with E-state index < -0.39 is 5.91 Å². The van der Waals surface area contributed by atoms with Crippen LogP contribution in [0.3, 0.4) is 0 Å². The van der Waals surface area contributed by atoms with Crippen molar-refractivity contribution in [2.45, 2.75) is 12.8 Å².